The first kappa shape index (κ1) is 26.2. The molecule has 0 aliphatic rings. The molecule has 32 heavy (non-hydrogen) atoms. The van der Waals surface area contributed by atoms with Crippen LogP contribution in [0.2, 0.25) is 0 Å². The van der Waals surface area contributed by atoms with Gasteiger partial charge in [0.25, 0.3) is 0 Å². The highest BCUT2D eigenvalue weighted by Crippen LogP contribution is 2.31. The molecule has 0 radical (unpaired) electrons. The molecule has 6 nitrogen and oxygen atoms in total. The zero-order valence-electron chi connectivity index (χ0n) is 18.2. The van der Waals surface area contributed by atoms with E-state index in [9.17, 15) is 17.6 Å². The van der Waals surface area contributed by atoms with Gasteiger partial charge in [-0.2, -0.15) is 0 Å². The van der Waals surface area contributed by atoms with Crippen molar-refractivity contribution in [3.8, 4) is 0 Å². The molecule has 0 aliphatic heterocycles. The lowest BCUT2D eigenvalue weighted by atomic mass is 10.1. The van der Waals surface area contributed by atoms with Gasteiger partial charge in [-0.15, -0.1) is 12.4 Å². The summed E-state index contributed by atoms with van der Waals surface area (Å²) in [4.78, 5) is 21.2. The number of amides is 1. The van der Waals surface area contributed by atoms with Gasteiger partial charge in [-0.25, -0.2) is 17.8 Å². The summed E-state index contributed by atoms with van der Waals surface area (Å²) in [5.74, 6) is -1.77. The van der Waals surface area contributed by atoms with Gasteiger partial charge in [0.2, 0.25) is 5.91 Å². The lowest BCUT2D eigenvalue weighted by Gasteiger charge is -2.21. The van der Waals surface area contributed by atoms with Crippen LogP contribution in [0.1, 0.15) is 18.9 Å². The van der Waals surface area contributed by atoms with Crippen LogP contribution in [-0.4, -0.2) is 57.1 Å². The summed E-state index contributed by atoms with van der Waals surface area (Å²) < 4.78 is 39.6. The number of halogens is 2. The Bertz CT molecular complexity index is 1160. The largest absolute Gasteiger partial charge is 0.309 e. The molecule has 3 aromatic rings. The van der Waals surface area contributed by atoms with E-state index in [1.807, 2.05) is 44.1 Å². The first-order chi connectivity index (χ1) is 14.7. The van der Waals surface area contributed by atoms with Gasteiger partial charge in [0.05, 0.1) is 15.1 Å². The summed E-state index contributed by atoms with van der Waals surface area (Å²) in [7, 11) is -0.0233. The number of hydrogen-bond donors (Lipinski definition) is 0. The zero-order valence-corrected chi connectivity index (χ0v) is 20.7. The van der Waals surface area contributed by atoms with Gasteiger partial charge >= 0.3 is 0 Å². The molecule has 0 N–H and O–H groups in total. The SMILES string of the molecule is CCc1cccc2sc(N(CCCN(C)C)C(=O)CS(=O)(=O)c3ccc(F)cc3)nc12.Cl. The molecule has 3 rings (SSSR count). The maximum Gasteiger partial charge on any atom is 0.244 e. The van der Waals surface area contributed by atoms with E-state index < -0.39 is 27.3 Å². The molecule has 1 heterocycles. The Morgan fingerprint density at radius 1 is 1.09 bits per heavy atom. The fraction of sp³-hybridized carbons (Fsp3) is 0.364. The normalized spacial score (nSPS) is 11.5. The molecule has 0 bridgehead atoms. The molecule has 10 heteroatoms. The Kier molecular flexibility index (Phi) is 9.15. The van der Waals surface area contributed by atoms with E-state index in [1.165, 1.54) is 28.4 Å². The molecule has 2 aromatic carbocycles. The molecular weight excluding hydrogens is 473 g/mol. The third kappa shape index (κ3) is 6.25. The molecule has 0 atom stereocenters. The van der Waals surface area contributed by atoms with Gasteiger partial charge in [-0.3, -0.25) is 9.69 Å². The number of hydrogen-bond acceptors (Lipinski definition) is 6. The van der Waals surface area contributed by atoms with Crippen LogP contribution in [0.5, 0.6) is 0 Å². The number of sulfone groups is 1. The van der Waals surface area contributed by atoms with Gasteiger partial charge in [0, 0.05) is 6.54 Å². The van der Waals surface area contributed by atoms with E-state index >= 15 is 0 Å². The fourth-order valence-electron chi connectivity index (χ4n) is 3.23. The van der Waals surface area contributed by atoms with Crippen molar-refractivity contribution in [3.63, 3.8) is 0 Å². The van der Waals surface area contributed by atoms with Crippen molar-refractivity contribution < 1.29 is 17.6 Å². The zero-order chi connectivity index (χ0) is 22.6. The van der Waals surface area contributed by atoms with Crippen molar-refractivity contribution >= 4 is 54.8 Å². The first-order valence-electron chi connectivity index (χ1n) is 10.0. The number of fused-ring (bicyclic) bond motifs is 1. The minimum absolute atomic E-state index is 0. The molecular formula is C22H27ClFN3O3S2. The summed E-state index contributed by atoms with van der Waals surface area (Å²) in [6, 6.07) is 10.4. The van der Waals surface area contributed by atoms with Gasteiger partial charge < -0.3 is 4.90 Å². The molecule has 174 valence electrons. The topological polar surface area (TPSA) is 70.6 Å². The maximum atomic E-state index is 13.2. The summed E-state index contributed by atoms with van der Waals surface area (Å²) in [6.45, 7) is 3.15. The summed E-state index contributed by atoms with van der Waals surface area (Å²) >= 11 is 1.38. The van der Waals surface area contributed by atoms with Crippen molar-refractivity contribution in [2.75, 3.05) is 37.8 Å². The van der Waals surface area contributed by atoms with E-state index in [-0.39, 0.29) is 17.3 Å². The van der Waals surface area contributed by atoms with Gasteiger partial charge in [0.15, 0.2) is 15.0 Å². The van der Waals surface area contributed by atoms with Crippen LogP contribution in [0.3, 0.4) is 0 Å². The molecule has 0 aliphatic carbocycles. The Morgan fingerprint density at radius 3 is 2.41 bits per heavy atom. The lowest BCUT2D eigenvalue weighted by Crippen LogP contribution is -2.37. The Hall–Kier alpha value is -2.07. The molecule has 1 amide bonds. The van der Waals surface area contributed by atoms with Crippen molar-refractivity contribution in [2.24, 2.45) is 0 Å². The van der Waals surface area contributed by atoms with Crippen LogP contribution in [0, 0.1) is 5.82 Å². The average Bonchev–Trinajstić information content (AvgIpc) is 3.14. The number of thiazole rings is 1. The van der Waals surface area contributed by atoms with Crippen LogP contribution >= 0.6 is 23.7 Å². The van der Waals surface area contributed by atoms with Crippen LogP contribution in [-0.2, 0) is 21.1 Å². The predicted molar refractivity (Wildman–Crippen MR) is 130 cm³/mol. The minimum Gasteiger partial charge on any atom is -0.309 e. The van der Waals surface area contributed by atoms with E-state index in [0.717, 1.165) is 40.9 Å². The molecule has 0 fully saturated rings. The van der Waals surface area contributed by atoms with Crippen molar-refractivity contribution in [3.05, 3.63) is 53.8 Å². The van der Waals surface area contributed by atoms with Gasteiger partial charge in [-0.1, -0.05) is 30.4 Å². The monoisotopic (exact) mass is 499 g/mol. The second-order valence-corrected chi connectivity index (χ2v) is 10.5. The van der Waals surface area contributed by atoms with Gasteiger partial charge in [-0.05, 0) is 69.4 Å². The van der Waals surface area contributed by atoms with E-state index in [1.54, 1.807) is 0 Å². The highest BCUT2D eigenvalue weighted by molar-refractivity contribution is 7.92. The third-order valence-corrected chi connectivity index (χ3v) is 7.54. The molecule has 0 unspecified atom stereocenters. The number of aryl methyl sites for hydroxylation is 1. The number of para-hydroxylation sites is 1. The molecule has 1 aromatic heterocycles. The molecule has 0 saturated heterocycles. The highest BCUT2D eigenvalue weighted by atomic mass is 35.5. The first-order valence-corrected chi connectivity index (χ1v) is 12.5. The van der Waals surface area contributed by atoms with E-state index in [2.05, 4.69) is 4.98 Å². The summed E-state index contributed by atoms with van der Waals surface area (Å²) in [6.07, 6.45) is 1.49. The Labute approximate surface area is 198 Å². The van der Waals surface area contributed by atoms with Crippen LogP contribution < -0.4 is 4.90 Å². The van der Waals surface area contributed by atoms with Crippen molar-refractivity contribution in [1.29, 1.82) is 0 Å². The summed E-state index contributed by atoms with van der Waals surface area (Å²) in [5, 5.41) is 0.494. The van der Waals surface area contributed by atoms with Crippen molar-refractivity contribution in [1.82, 2.24) is 9.88 Å². The number of benzene rings is 2. The number of nitrogens with zero attached hydrogens (tertiary/aromatic N) is 3. The van der Waals surface area contributed by atoms with E-state index in [0.29, 0.717) is 18.1 Å². The third-order valence-electron chi connectivity index (χ3n) is 4.88. The second kappa shape index (κ2) is 11.2. The van der Waals surface area contributed by atoms with Crippen LogP contribution in [0.25, 0.3) is 10.2 Å². The van der Waals surface area contributed by atoms with E-state index in [4.69, 9.17) is 0 Å². The van der Waals surface area contributed by atoms with Crippen molar-refractivity contribution in [2.45, 2.75) is 24.7 Å². The number of aromatic nitrogens is 1. The fourth-order valence-corrected chi connectivity index (χ4v) is 5.49. The number of carbonyl (C=O) groups is 1. The Morgan fingerprint density at radius 2 is 1.78 bits per heavy atom. The number of rotatable bonds is 9. The van der Waals surface area contributed by atoms with Crippen LogP contribution in [0.15, 0.2) is 47.4 Å². The minimum atomic E-state index is -3.90. The smallest absolute Gasteiger partial charge is 0.244 e. The summed E-state index contributed by atoms with van der Waals surface area (Å²) in [5.41, 5.74) is 1.93. The second-order valence-electron chi connectivity index (χ2n) is 7.53. The molecule has 0 spiro atoms. The highest BCUT2D eigenvalue weighted by Gasteiger charge is 2.26. The van der Waals surface area contributed by atoms with Crippen LogP contribution in [0.4, 0.5) is 9.52 Å². The maximum absolute atomic E-state index is 13.2. The molecule has 0 saturated carbocycles. The van der Waals surface area contributed by atoms with Gasteiger partial charge in [0.1, 0.15) is 11.6 Å². The standard InChI is InChI=1S/C22H26FN3O3S2.ClH/c1-4-16-7-5-8-19-21(16)24-22(30-19)26(14-6-13-25(2)3)20(27)15-31(28,29)18-11-9-17(23)10-12-18;/h5,7-12H,4,6,13-15H2,1-3H3;1H. The predicted octanol–water partition coefficient (Wildman–Crippen LogP) is 4.18. The number of anilines is 1. The number of carbonyl (C=O) groups excluding carboxylic acids is 1. The average molecular weight is 500 g/mol. The lowest BCUT2D eigenvalue weighted by molar-refractivity contribution is -0.116. The quantitative estimate of drug-likeness (QED) is 0.413. The Balaban J connectivity index is 0.00000363.